The number of fused-ring (bicyclic) bond motifs is 3. The Bertz CT molecular complexity index is 1890. The van der Waals surface area contributed by atoms with Crippen molar-refractivity contribution in [1.82, 2.24) is 34.6 Å². The maximum absolute atomic E-state index is 14.1. The number of carbonyl (C=O) groups excluding carboxylic acids is 3. The predicted molar refractivity (Wildman–Crippen MR) is 169 cm³/mol. The molecule has 0 radical (unpaired) electrons. The highest BCUT2D eigenvalue weighted by Crippen LogP contribution is 2.33. The van der Waals surface area contributed by atoms with Crippen LogP contribution in [0.3, 0.4) is 0 Å². The van der Waals surface area contributed by atoms with E-state index in [-0.39, 0.29) is 47.2 Å². The summed E-state index contributed by atoms with van der Waals surface area (Å²) in [4.78, 5) is 46.5. The van der Waals surface area contributed by atoms with Gasteiger partial charge in [-0.1, -0.05) is 24.3 Å². The molecule has 4 aliphatic rings. The van der Waals surface area contributed by atoms with Gasteiger partial charge in [0.25, 0.3) is 12.3 Å². The Morgan fingerprint density at radius 1 is 1.12 bits per heavy atom. The van der Waals surface area contributed by atoms with Crippen LogP contribution in [0.5, 0.6) is 0 Å². The second kappa shape index (κ2) is 12.4. The normalized spacial score (nSPS) is 23.4. The minimum atomic E-state index is -2.88. The Hall–Kier alpha value is -4.76. The van der Waals surface area contributed by atoms with Crippen LogP contribution < -0.4 is 15.5 Å². The van der Waals surface area contributed by atoms with E-state index in [1.54, 1.807) is 10.9 Å². The molecule has 3 aromatic heterocycles. The number of piperidine rings is 2. The molecule has 7 heterocycles. The highest BCUT2D eigenvalue weighted by atomic mass is 19.3. The molecule has 8 rings (SSSR count). The first-order valence-corrected chi connectivity index (χ1v) is 16.3. The lowest BCUT2D eigenvalue weighted by Crippen LogP contribution is -2.39. The van der Waals surface area contributed by atoms with E-state index in [2.05, 4.69) is 30.6 Å². The van der Waals surface area contributed by atoms with Gasteiger partial charge in [0.05, 0.1) is 42.6 Å². The van der Waals surface area contributed by atoms with Crippen molar-refractivity contribution in [3.8, 4) is 0 Å². The Morgan fingerprint density at radius 3 is 2.73 bits per heavy atom. The van der Waals surface area contributed by atoms with Crippen LogP contribution in [0.4, 0.5) is 20.3 Å². The lowest BCUT2D eigenvalue weighted by Gasteiger charge is -2.32. The minimum absolute atomic E-state index is 0.0350. The molecular formula is C33H35F2N9O4. The zero-order valence-corrected chi connectivity index (χ0v) is 26.1. The van der Waals surface area contributed by atoms with Gasteiger partial charge in [-0.15, -0.1) is 0 Å². The van der Waals surface area contributed by atoms with Crippen molar-refractivity contribution in [3.63, 3.8) is 0 Å². The average Bonchev–Trinajstić information content (AvgIpc) is 3.89. The van der Waals surface area contributed by atoms with Gasteiger partial charge >= 0.3 is 0 Å². The van der Waals surface area contributed by atoms with Gasteiger partial charge in [-0.2, -0.15) is 10.2 Å². The van der Waals surface area contributed by atoms with Crippen molar-refractivity contribution < 1.29 is 27.9 Å². The number of rotatable bonds is 8. The lowest BCUT2D eigenvalue weighted by molar-refractivity contribution is -0.134. The van der Waals surface area contributed by atoms with Crippen molar-refractivity contribution in [2.24, 2.45) is 0 Å². The first-order chi connectivity index (χ1) is 23.3. The number of anilines is 2. The van der Waals surface area contributed by atoms with Gasteiger partial charge in [0.1, 0.15) is 11.4 Å². The third-order valence-electron chi connectivity index (χ3n) is 9.94. The quantitative estimate of drug-likeness (QED) is 0.273. The van der Waals surface area contributed by atoms with E-state index in [9.17, 15) is 23.2 Å². The van der Waals surface area contributed by atoms with E-state index in [1.165, 1.54) is 16.9 Å². The Kier molecular flexibility index (Phi) is 7.87. The zero-order chi connectivity index (χ0) is 32.9. The lowest BCUT2D eigenvalue weighted by atomic mass is 9.89. The molecule has 2 bridgehead atoms. The van der Waals surface area contributed by atoms with Gasteiger partial charge in [0.15, 0.2) is 11.3 Å². The molecule has 4 aromatic rings. The number of likely N-dealkylation sites (tertiary alicyclic amines) is 1. The number of benzene rings is 1. The van der Waals surface area contributed by atoms with Crippen LogP contribution in [0, 0.1) is 0 Å². The number of nitrogens with zero attached hydrogens (tertiary/aromatic N) is 7. The SMILES string of the molecule is O=C1CCC(c2cccc(CN3CCC(n4cc(NC(=O)c5cnn6ccc(N7C[C@H]8C[C@@H]7CO8)nc56)c(C(F)F)n4)CC3)c2)C(=O)N1. The maximum Gasteiger partial charge on any atom is 0.284 e. The van der Waals surface area contributed by atoms with Gasteiger partial charge in [-0.3, -0.25) is 29.3 Å². The summed E-state index contributed by atoms with van der Waals surface area (Å²) >= 11 is 0. The summed E-state index contributed by atoms with van der Waals surface area (Å²) in [5.74, 6) is -0.694. The standard InChI is InChI=1S/C33H35F2N9O4/c34-30(35)29-26(37-33(47)25-14-36-43-11-8-27(38-31(25)43)42-16-23-13-22(42)18-48-23)17-44(40-29)21-6-9-41(10-7-21)15-19-2-1-3-20(12-19)24-4-5-28(45)39-32(24)46/h1-3,8,11-12,14,17,21-24,30H,4-7,9-10,13,15-16,18H2,(H,37,47)(H,39,45,46)/t22-,23-,24?/m1/s1. The van der Waals surface area contributed by atoms with Gasteiger partial charge < -0.3 is 15.0 Å². The maximum atomic E-state index is 14.1. The number of morpholine rings is 1. The summed E-state index contributed by atoms with van der Waals surface area (Å²) in [6.45, 7) is 3.50. The predicted octanol–water partition coefficient (Wildman–Crippen LogP) is 3.45. The van der Waals surface area contributed by atoms with Crippen molar-refractivity contribution in [3.05, 3.63) is 71.3 Å². The van der Waals surface area contributed by atoms with Gasteiger partial charge in [0.2, 0.25) is 11.8 Å². The first kappa shape index (κ1) is 30.6. The molecule has 0 aliphatic carbocycles. The molecular weight excluding hydrogens is 624 g/mol. The fourth-order valence-electron chi connectivity index (χ4n) is 7.42. The highest BCUT2D eigenvalue weighted by Gasteiger charge is 2.40. The van der Waals surface area contributed by atoms with Crippen LogP contribution in [0.15, 0.2) is 48.9 Å². The largest absolute Gasteiger partial charge is 0.374 e. The first-order valence-electron chi connectivity index (χ1n) is 16.3. The molecule has 0 saturated carbocycles. The van der Waals surface area contributed by atoms with Crippen LogP contribution in [0.25, 0.3) is 5.65 Å². The number of aromatic nitrogens is 5. The minimum Gasteiger partial charge on any atom is -0.374 e. The monoisotopic (exact) mass is 659 g/mol. The van der Waals surface area contributed by atoms with E-state index in [4.69, 9.17) is 9.72 Å². The molecule has 3 amide bonds. The molecule has 4 aliphatic heterocycles. The third kappa shape index (κ3) is 5.81. The summed E-state index contributed by atoms with van der Waals surface area (Å²) in [5, 5.41) is 13.5. The van der Waals surface area contributed by atoms with Crippen molar-refractivity contribution >= 4 is 34.9 Å². The van der Waals surface area contributed by atoms with Gasteiger partial charge in [-0.25, -0.2) is 18.3 Å². The fourth-order valence-corrected chi connectivity index (χ4v) is 7.42. The Labute approximate surface area is 274 Å². The second-order valence-electron chi connectivity index (χ2n) is 13.0. The zero-order valence-electron chi connectivity index (χ0n) is 26.1. The van der Waals surface area contributed by atoms with Crippen LogP contribution in [0.2, 0.25) is 0 Å². The number of carbonyl (C=O) groups is 3. The number of hydrogen-bond donors (Lipinski definition) is 2. The number of nitrogens with one attached hydrogen (secondary N) is 2. The molecule has 13 nitrogen and oxygen atoms in total. The summed E-state index contributed by atoms with van der Waals surface area (Å²) in [7, 11) is 0. The number of amides is 3. The Morgan fingerprint density at radius 2 is 1.98 bits per heavy atom. The molecule has 3 atom stereocenters. The van der Waals surface area contributed by atoms with E-state index >= 15 is 0 Å². The summed E-state index contributed by atoms with van der Waals surface area (Å²) in [5.41, 5.74) is 1.97. The molecule has 15 heteroatoms. The molecule has 1 aromatic carbocycles. The fraction of sp³-hybridized carbons (Fsp3) is 0.455. The number of halogens is 2. The average molecular weight is 660 g/mol. The smallest absolute Gasteiger partial charge is 0.284 e. The molecule has 0 spiro atoms. The highest BCUT2D eigenvalue weighted by molar-refractivity contribution is 6.08. The van der Waals surface area contributed by atoms with Crippen molar-refractivity contribution in [2.45, 2.75) is 69.2 Å². The summed E-state index contributed by atoms with van der Waals surface area (Å²) in [6, 6.07) is 9.87. The van der Waals surface area contributed by atoms with Crippen LogP contribution in [-0.4, -0.2) is 85.4 Å². The topological polar surface area (TPSA) is 139 Å². The molecule has 4 fully saturated rings. The van der Waals surface area contributed by atoms with Crippen LogP contribution in [0.1, 0.15) is 77.7 Å². The second-order valence-corrected chi connectivity index (χ2v) is 13.0. The Balaban J connectivity index is 0.926. The summed E-state index contributed by atoms with van der Waals surface area (Å²) < 4.78 is 37.0. The molecule has 4 saturated heterocycles. The number of alkyl halides is 2. The van der Waals surface area contributed by atoms with Crippen LogP contribution >= 0.6 is 0 Å². The molecule has 2 N–H and O–H groups in total. The number of hydrogen-bond acceptors (Lipinski definition) is 9. The van der Waals surface area contributed by atoms with Gasteiger partial charge in [-0.05, 0) is 42.9 Å². The van der Waals surface area contributed by atoms with Gasteiger partial charge in [0, 0.05) is 45.0 Å². The van der Waals surface area contributed by atoms with E-state index in [0.29, 0.717) is 44.5 Å². The van der Waals surface area contributed by atoms with E-state index < -0.39 is 18.0 Å². The van der Waals surface area contributed by atoms with Crippen molar-refractivity contribution in [2.75, 3.05) is 36.5 Å². The number of imide groups is 1. The summed E-state index contributed by atoms with van der Waals surface area (Å²) in [6.07, 6.45) is 5.08. The molecule has 250 valence electrons. The molecule has 48 heavy (non-hydrogen) atoms. The third-order valence-corrected chi connectivity index (χ3v) is 9.94. The van der Waals surface area contributed by atoms with E-state index in [1.807, 2.05) is 30.3 Å². The number of ether oxygens (including phenoxy) is 1. The van der Waals surface area contributed by atoms with Crippen molar-refractivity contribution in [1.29, 1.82) is 0 Å². The van der Waals surface area contributed by atoms with E-state index in [0.717, 1.165) is 43.0 Å². The van der Waals surface area contributed by atoms with Crippen LogP contribution in [-0.2, 0) is 20.9 Å². The molecule has 1 unspecified atom stereocenters.